The fourth-order valence-corrected chi connectivity index (χ4v) is 4.07. The number of halogens is 1. The molecule has 6 nitrogen and oxygen atoms in total. The van der Waals surface area contributed by atoms with Crippen LogP contribution in [-0.2, 0) is 10.0 Å². The van der Waals surface area contributed by atoms with Crippen molar-refractivity contribution in [3.63, 3.8) is 0 Å². The van der Waals surface area contributed by atoms with E-state index in [9.17, 15) is 22.9 Å². The average molecular weight is 302 g/mol. The number of para-hydroxylation sites is 1. The summed E-state index contributed by atoms with van der Waals surface area (Å²) in [6.07, 6.45) is 1.57. The summed E-state index contributed by atoms with van der Waals surface area (Å²) in [5.41, 5.74) is -0.979. The molecule has 1 aromatic carbocycles. The smallest absolute Gasteiger partial charge is 0.258 e. The van der Waals surface area contributed by atoms with Gasteiger partial charge in [0, 0.05) is 13.1 Å². The van der Waals surface area contributed by atoms with Gasteiger partial charge >= 0.3 is 5.69 Å². The Morgan fingerprint density at radius 3 is 2.75 bits per heavy atom. The normalized spacial score (nSPS) is 20.2. The first-order chi connectivity index (χ1) is 9.37. The summed E-state index contributed by atoms with van der Waals surface area (Å²) in [7, 11) is -4.03. The highest BCUT2D eigenvalue weighted by atomic mass is 32.2. The Kier molecular flexibility index (Phi) is 4.05. The van der Waals surface area contributed by atoms with Crippen molar-refractivity contribution in [3.8, 4) is 0 Å². The Labute approximate surface area is 116 Å². The first kappa shape index (κ1) is 14.9. The second kappa shape index (κ2) is 5.45. The summed E-state index contributed by atoms with van der Waals surface area (Å²) in [6, 6.07) is 3.13. The zero-order valence-electron chi connectivity index (χ0n) is 11.0. The van der Waals surface area contributed by atoms with Crippen LogP contribution in [0.25, 0.3) is 0 Å². The lowest BCUT2D eigenvalue weighted by atomic mass is 10.1. The topological polar surface area (TPSA) is 80.5 Å². The molecule has 1 saturated heterocycles. The predicted octanol–water partition coefficient (Wildman–Crippen LogP) is 2.15. The van der Waals surface area contributed by atoms with E-state index in [1.54, 1.807) is 0 Å². The van der Waals surface area contributed by atoms with Gasteiger partial charge < -0.3 is 0 Å². The molecule has 1 heterocycles. The molecule has 1 aliphatic heterocycles. The fraction of sp³-hybridized carbons (Fsp3) is 0.500. The van der Waals surface area contributed by atoms with Crippen molar-refractivity contribution in [3.05, 3.63) is 34.1 Å². The summed E-state index contributed by atoms with van der Waals surface area (Å²) >= 11 is 0. The quantitative estimate of drug-likeness (QED) is 0.630. The lowest BCUT2D eigenvalue weighted by molar-refractivity contribution is -0.390. The minimum atomic E-state index is -4.03. The Morgan fingerprint density at radius 1 is 1.50 bits per heavy atom. The highest BCUT2D eigenvalue weighted by Gasteiger charge is 2.37. The molecule has 1 fully saturated rings. The minimum Gasteiger partial charge on any atom is -0.258 e. The van der Waals surface area contributed by atoms with E-state index in [4.69, 9.17) is 0 Å². The number of nitro benzene ring substituents is 1. The molecule has 1 atom stereocenters. The molecule has 0 aliphatic carbocycles. The standard InChI is InChI=1S/C12H15FN2O4S/c1-2-9-6-7-14(8-9)20(18,19)11-5-3-4-10(13)12(11)15(16)17/h3-5,9H,2,6-8H2,1H3. The number of rotatable bonds is 4. The molecule has 0 saturated carbocycles. The van der Waals surface area contributed by atoms with Crippen molar-refractivity contribution < 1.29 is 17.7 Å². The SMILES string of the molecule is CCC1CCN(S(=O)(=O)c2cccc(F)c2[N+](=O)[O-])C1. The van der Waals surface area contributed by atoms with E-state index in [0.29, 0.717) is 13.1 Å². The molecule has 0 aromatic heterocycles. The van der Waals surface area contributed by atoms with Gasteiger partial charge in [0.05, 0.1) is 4.92 Å². The van der Waals surface area contributed by atoms with Gasteiger partial charge in [-0.25, -0.2) is 8.42 Å². The molecule has 0 radical (unpaired) electrons. The molecule has 0 bridgehead atoms. The summed E-state index contributed by atoms with van der Waals surface area (Å²) in [5, 5.41) is 10.9. The van der Waals surface area contributed by atoms with E-state index < -0.39 is 31.3 Å². The summed E-state index contributed by atoms with van der Waals surface area (Å²) in [6.45, 7) is 2.60. The molecule has 110 valence electrons. The summed E-state index contributed by atoms with van der Waals surface area (Å²) in [4.78, 5) is 9.35. The minimum absolute atomic E-state index is 0.248. The maximum absolute atomic E-state index is 13.5. The molecule has 8 heteroatoms. The van der Waals surface area contributed by atoms with E-state index in [-0.39, 0.29) is 5.92 Å². The molecular formula is C12H15FN2O4S. The average Bonchev–Trinajstić information content (AvgIpc) is 2.87. The van der Waals surface area contributed by atoms with Gasteiger partial charge in [-0.2, -0.15) is 8.70 Å². The molecule has 20 heavy (non-hydrogen) atoms. The predicted molar refractivity (Wildman–Crippen MR) is 70.2 cm³/mol. The summed E-state index contributed by atoms with van der Waals surface area (Å²) in [5.74, 6) is -0.889. The van der Waals surface area contributed by atoms with Gasteiger partial charge in [0.15, 0.2) is 4.90 Å². The number of hydrogen-bond acceptors (Lipinski definition) is 4. The number of benzene rings is 1. The first-order valence-corrected chi connectivity index (χ1v) is 7.75. The van der Waals surface area contributed by atoms with Crippen LogP contribution in [0.5, 0.6) is 0 Å². The molecule has 1 unspecified atom stereocenters. The van der Waals surface area contributed by atoms with Crippen LogP contribution in [0, 0.1) is 21.8 Å². The van der Waals surface area contributed by atoms with Crippen LogP contribution >= 0.6 is 0 Å². The number of nitrogens with zero attached hydrogens (tertiary/aromatic N) is 2. The highest BCUT2D eigenvalue weighted by molar-refractivity contribution is 7.89. The van der Waals surface area contributed by atoms with E-state index >= 15 is 0 Å². The maximum atomic E-state index is 13.5. The van der Waals surface area contributed by atoms with Gasteiger partial charge in [-0.1, -0.05) is 19.4 Å². The zero-order chi connectivity index (χ0) is 14.9. The van der Waals surface area contributed by atoms with Crippen LogP contribution in [0.15, 0.2) is 23.1 Å². The third-order valence-electron chi connectivity index (χ3n) is 3.58. The van der Waals surface area contributed by atoms with Crippen molar-refractivity contribution in [2.45, 2.75) is 24.7 Å². The molecule has 0 N–H and O–H groups in total. The third kappa shape index (κ3) is 2.53. The van der Waals surface area contributed by atoms with Gasteiger partial charge in [0.2, 0.25) is 15.8 Å². The third-order valence-corrected chi connectivity index (χ3v) is 5.47. The number of hydrogen-bond donors (Lipinski definition) is 0. The van der Waals surface area contributed by atoms with Crippen LogP contribution in [-0.4, -0.2) is 30.7 Å². The number of nitro groups is 1. The van der Waals surface area contributed by atoms with Crippen molar-refractivity contribution in [2.75, 3.05) is 13.1 Å². The highest BCUT2D eigenvalue weighted by Crippen LogP contribution is 2.32. The zero-order valence-corrected chi connectivity index (χ0v) is 11.8. The molecule has 0 amide bonds. The molecule has 2 rings (SSSR count). The van der Waals surface area contributed by atoms with Crippen molar-refractivity contribution in [1.29, 1.82) is 0 Å². The second-order valence-corrected chi connectivity index (χ2v) is 6.68. The van der Waals surface area contributed by atoms with Crippen molar-refractivity contribution in [2.24, 2.45) is 5.92 Å². The lowest BCUT2D eigenvalue weighted by Gasteiger charge is -2.16. The van der Waals surface area contributed by atoms with Crippen LogP contribution < -0.4 is 0 Å². The lowest BCUT2D eigenvalue weighted by Crippen LogP contribution is -2.29. The Morgan fingerprint density at radius 2 is 2.20 bits per heavy atom. The van der Waals surface area contributed by atoms with Gasteiger partial charge in [-0.05, 0) is 24.5 Å². The largest absolute Gasteiger partial charge is 0.324 e. The Bertz CT molecular complexity index is 632. The van der Waals surface area contributed by atoms with E-state index in [1.165, 1.54) is 10.4 Å². The van der Waals surface area contributed by atoms with Crippen LogP contribution in [0.1, 0.15) is 19.8 Å². The summed E-state index contributed by atoms with van der Waals surface area (Å²) < 4.78 is 39.6. The fourth-order valence-electron chi connectivity index (χ4n) is 2.37. The van der Waals surface area contributed by atoms with Gasteiger partial charge in [-0.15, -0.1) is 0 Å². The van der Waals surface area contributed by atoms with Crippen LogP contribution in [0.2, 0.25) is 0 Å². The van der Waals surface area contributed by atoms with Gasteiger partial charge in [-0.3, -0.25) is 10.1 Å². The van der Waals surface area contributed by atoms with E-state index in [0.717, 1.165) is 25.0 Å². The van der Waals surface area contributed by atoms with Crippen LogP contribution in [0.3, 0.4) is 0 Å². The Balaban J connectivity index is 2.46. The van der Waals surface area contributed by atoms with Gasteiger partial charge in [0.25, 0.3) is 0 Å². The van der Waals surface area contributed by atoms with Gasteiger partial charge in [0.1, 0.15) is 0 Å². The van der Waals surface area contributed by atoms with E-state index in [1.807, 2.05) is 6.92 Å². The molecule has 0 spiro atoms. The van der Waals surface area contributed by atoms with E-state index in [2.05, 4.69) is 0 Å². The second-order valence-electron chi connectivity index (χ2n) is 4.77. The van der Waals surface area contributed by atoms with Crippen LogP contribution in [0.4, 0.5) is 10.1 Å². The maximum Gasteiger partial charge on any atom is 0.324 e. The first-order valence-electron chi connectivity index (χ1n) is 6.31. The Hall–Kier alpha value is -1.54. The molecule has 1 aromatic rings. The molecular weight excluding hydrogens is 287 g/mol. The molecule has 1 aliphatic rings. The van der Waals surface area contributed by atoms with Crippen molar-refractivity contribution in [1.82, 2.24) is 4.31 Å². The monoisotopic (exact) mass is 302 g/mol. The number of sulfonamides is 1. The van der Waals surface area contributed by atoms with Crippen molar-refractivity contribution >= 4 is 15.7 Å².